The summed E-state index contributed by atoms with van der Waals surface area (Å²) in [6, 6.07) is -1.90. The van der Waals surface area contributed by atoms with Crippen molar-refractivity contribution in [2.75, 3.05) is 27.2 Å². The topological polar surface area (TPSA) is 234 Å². The second-order valence-electron chi connectivity index (χ2n) is 15.6. The molecule has 0 radical (unpaired) electrons. The van der Waals surface area contributed by atoms with E-state index in [4.69, 9.17) is 19.9 Å². The summed E-state index contributed by atoms with van der Waals surface area (Å²) in [5, 5.41) is 2.70. The van der Waals surface area contributed by atoms with Crippen LogP contribution < -0.4 is 20.5 Å². The molecule has 0 bridgehead atoms. The summed E-state index contributed by atoms with van der Waals surface area (Å²) in [6.45, 7) is 14.3. The number of aliphatic imine (C=N–C) groups is 1. The molecule has 2 heterocycles. The largest absolute Gasteiger partial charge is 0.459 e. The van der Waals surface area contributed by atoms with Crippen molar-refractivity contribution in [3.05, 3.63) is 23.5 Å². The molecule has 314 valence electrons. The van der Waals surface area contributed by atoms with Crippen LogP contribution in [-0.4, -0.2) is 114 Å². The molecule has 2 aliphatic rings. The first-order valence-electron chi connectivity index (χ1n) is 19.0. The number of amides is 5. The van der Waals surface area contributed by atoms with Crippen molar-refractivity contribution in [3.8, 4) is 6.01 Å². The third kappa shape index (κ3) is 13.0. The second kappa shape index (κ2) is 19.6. The van der Waals surface area contributed by atoms with E-state index in [-0.39, 0.29) is 49.9 Å². The zero-order valence-electron chi connectivity index (χ0n) is 34.3. The third-order valence-electron chi connectivity index (χ3n) is 9.27. The maximum Gasteiger partial charge on any atom is 0.433 e. The van der Waals surface area contributed by atoms with Crippen LogP contribution in [0, 0.1) is 18.8 Å². The van der Waals surface area contributed by atoms with E-state index >= 15 is 0 Å². The third-order valence-corrected chi connectivity index (χ3v) is 10.7. The summed E-state index contributed by atoms with van der Waals surface area (Å²) in [5.74, 6) is -2.14. The Morgan fingerprint density at radius 1 is 1.11 bits per heavy atom. The van der Waals surface area contributed by atoms with E-state index in [0.717, 1.165) is 10.7 Å². The Bertz CT molecular complexity index is 1770. The van der Waals surface area contributed by atoms with Gasteiger partial charge in [0.25, 0.3) is 6.01 Å². The standard InChI is InChI=1S/C37H60N8O10S/c1-11-53-35(49)39-23(4)30-24(5)45(22(2)3)34(41-30)54-26-20-29(31(38)46)44(21-26)33(48)28(40-36(50)55-37(6,7)8)18-16-14-12-13-15-17-25-19-27(25)32(47)42-56(51,52)43(9)10/h15,17,22,25-29H,11-14,16,18-21H2,1-10H3,(H2,38,46)(H,40,50)(H,42,47). The van der Waals surface area contributed by atoms with Crippen molar-refractivity contribution in [2.24, 2.45) is 22.6 Å². The lowest BCUT2D eigenvalue weighted by Crippen LogP contribution is -2.53. The summed E-state index contributed by atoms with van der Waals surface area (Å²) in [5.41, 5.74) is 6.47. The Balaban J connectivity index is 1.68. The summed E-state index contributed by atoms with van der Waals surface area (Å²) in [7, 11) is -1.14. The number of carbonyl (C=O) groups is 5. The fourth-order valence-electron chi connectivity index (χ4n) is 6.40. The van der Waals surface area contributed by atoms with E-state index in [1.54, 1.807) is 34.6 Å². The first kappa shape index (κ1) is 45.9. The van der Waals surface area contributed by atoms with Crippen LogP contribution in [0.3, 0.4) is 0 Å². The molecule has 2 fully saturated rings. The molecule has 19 heteroatoms. The number of hydrogen-bond donors (Lipinski definition) is 3. The number of aromatic nitrogens is 2. The van der Waals surface area contributed by atoms with Crippen molar-refractivity contribution in [2.45, 2.75) is 130 Å². The Hall–Kier alpha value is -4.52. The summed E-state index contributed by atoms with van der Waals surface area (Å²) in [4.78, 5) is 74.0. The van der Waals surface area contributed by atoms with Crippen LogP contribution in [0.15, 0.2) is 17.1 Å². The summed E-state index contributed by atoms with van der Waals surface area (Å²) >= 11 is 0. The molecule has 5 atom stereocenters. The van der Waals surface area contributed by atoms with Crippen LogP contribution in [0.1, 0.15) is 111 Å². The number of likely N-dealkylation sites (tertiary alicyclic amines) is 1. The van der Waals surface area contributed by atoms with Gasteiger partial charge in [-0.1, -0.05) is 25.0 Å². The van der Waals surface area contributed by atoms with Crippen LogP contribution >= 0.6 is 0 Å². The summed E-state index contributed by atoms with van der Waals surface area (Å²) in [6.07, 6.45) is 5.38. The van der Waals surface area contributed by atoms with E-state index in [0.29, 0.717) is 42.8 Å². The molecule has 4 N–H and O–H groups in total. The monoisotopic (exact) mass is 808 g/mol. The molecule has 3 rings (SSSR count). The number of primary amides is 1. The van der Waals surface area contributed by atoms with Crippen molar-refractivity contribution in [1.82, 2.24) is 28.8 Å². The van der Waals surface area contributed by atoms with Gasteiger partial charge in [-0.15, -0.1) is 0 Å². The maximum absolute atomic E-state index is 14.1. The van der Waals surface area contributed by atoms with Crippen molar-refractivity contribution in [1.29, 1.82) is 0 Å². The number of nitrogens with zero attached hydrogens (tertiary/aromatic N) is 5. The second-order valence-corrected chi connectivity index (χ2v) is 17.5. The van der Waals surface area contributed by atoms with Gasteiger partial charge in [0.15, 0.2) is 0 Å². The van der Waals surface area contributed by atoms with Gasteiger partial charge in [-0.2, -0.15) is 22.7 Å². The molecule has 1 aliphatic carbocycles. The van der Waals surface area contributed by atoms with Crippen molar-refractivity contribution >= 4 is 45.8 Å². The highest BCUT2D eigenvalue weighted by molar-refractivity contribution is 7.87. The van der Waals surface area contributed by atoms with Gasteiger partial charge in [0.05, 0.1) is 18.9 Å². The predicted octanol–water partition coefficient (Wildman–Crippen LogP) is 3.53. The molecule has 5 unspecified atom stereocenters. The quantitative estimate of drug-likeness (QED) is 0.110. The lowest BCUT2D eigenvalue weighted by atomic mass is 10.0. The SMILES string of the molecule is CCOC(=O)N=C(C)c1nc(OC2CC(C(N)=O)N(C(=O)C(CCCCCC=CC3CC3C(=O)NS(=O)(=O)N(C)C)NC(=O)OC(C)(C)C)C2)n(C(C)C)c1C. The van der Waals surface area contributed by atoms with Gasteiger partial charge < -0.3 is 30.2 Å². The lowest BCUT2D eigenvalue weighted by molar-refractivity contribution is -0.139. The van der Waals surface area contributed by atoms with E-state index in [9.17, 15) is 32.4 Å². The van der Waals surface area contributed by atoms with E-state index in [1.807, 2.05) is 37.5 Å². The number of carbonyl (C=O) groups excluding carboxylic acids is 5. The van der Waals surface area contributed by atoms with Crippen LogP contribution in [0.4, 0.5) is 9.59 Å². The normalized spacial score (nSPS) is 20.6. The number of imidazole rings is 1. The number of rotatable bonds is 18. The molecule has 1 saturated carbocycles. The highest BCUT2D eigenvalue weighted by atomic mass is 32.2. The first-order chi connectivity index (χ1) is 26.1. The highest BCUT2D eigenvalue weighted by Crippen LogP contribution is 2.40. The first-order valence-corrected chi connectivity index (χ1v) is 20.5. The Labute approximate surface area is 330 Å². The summed E-state index contributed by atoms with van der Waals surface area (Å²) < 4.78 is 45.5. The Kier molecular flexibility index (Phi) is 16.0. The minimum absolute atomic E-state index is 0.000224. The smallest absolute Gasteiger partial charge is 0.433 e. The number of alkyl carbamates (subject to hydrolysis) is 1. The van der Waals surface area contributed by atoms with Gasteiger partial charge in [0.1, 0.15) is 29.5 Å². The number of hydrogen-bond acceptors (Lipinski definition) is 11. The van der Waals surface area contributed by atoms with Gasteiger partial charge in [-0.25, -0.2) is 14.3 Å². The molecule has 0 spiro atoms. The molecule has 56 heavy (non-hydrogen) atoms. The van der Waals surface area contributed by atoms with Gasteiger partial charge in [-0.3, -0.25) is 19.0 Å². The molecular weight excluding hydrogens is 749 g/mol. The molecular formula is C37H60N8O10S. The van der Waals surface area contributed by atoms with Crippen LogP contribution in [0.2, 0.25) is 0 Å². The molecule has 1 saturated heterocycles. The molecule has 0 aromatic carbocycles. The molecule has 5 amide bonds. The number of nitrogens with one attached hydrogen (secondary N) is 2. The number of allylic oxidation sites excluding steroid dienone is 2. The van der Waals surface area contributed by atoms with Gasteiger partial charge in [-0.05, 0) is 87.0 Å². The fourth-order valence-corrected chi connectivity index (χ4v) is 6.99. The number of nitrogens with two attached hydrogens (primary N) is 1. The average molecular weight is 809 g/mol. The average Bonchev–Trinajstić information content (AvgIpc) is 3.60. The van der Waals surface area contributed by atoms with E-state index in [2.05, 4.69) is 20.0 Å². The molecule has 1 aliphatic heterocycles. The maximum atomic E-state index is 14.1. The predicted molar refractivity (Wildman–Crippen MR) is 208 cm³/mol. The highest BCUT2D eigenvalue weighted by Gasteiger charge is 2.44. The van der Waals surface area contributed by atoms with Crippen LogP contribution in [-0.2, 0) is 34.1 Å². The zero-order chi connectivity index (χ0) is 42.1. The molecule has 1 aromatic rings. The van der Waals surface area contributed by atoms with E-state index in [1.165, 1.54) is 19.0 Å². The Morgan fingerprint density at radius 2 is 1.79 bits per heavy atom. The van der Waals surface area contributed by atoms with Crippen molar-refractivity contribution in [3.63, 3.8) is 0 Å². The minimum Gasteiger partial charge on any atom is -0.459 e. The zero-order valence-corrected chi connectivity index (χ0v) is 35.1. The molecule has 18 nitrogen and oxygen atoms in total. The number of unbranched alkanes of at least 4 members (excludes halogenated alkanes) is 3. The fraction of sp³-hybridized carbons (Fsp3) is 0.703. The molecule has 1 aromatic heterocycles. The number of ether oxygens (including phenoxy) is 3. The van der Waals surface area contributed by atoms with Gasteiger partial charge in [0, 0.05) is 38.2 Å². The van der Waals surface area contributed by atoms with Crippen LogP contribution in [0.25, 0.3) is 0 Å². The minimum atomic E-state index is -3.83. The van der Waals surface area contributed by atoms with Crippen LogP contribution in [0.5, 0.6) is 6.01 Å². The van der Waals surface area contributed by atoms with E-state index < -0.39 is 63.9 Å². The van der Waals surface area contributed by atoms with Gasteiger partial charge >= 0.3 is 22.4 Å². The van der Waals surface area contributed by atoms with Gasteiger partial charge in [0.2, 0.25) is 17.7 Å². The van der Waals surface area contributed by atoms with Crippen molar-refractivity contribution < 1.29 is 46.6 Å². The lowest BCUT2D eigenvalue weighted by Gasteiger charge is -2.28. The Morgan fingerprint density at radius 3 is 2.38 bits per heavy atom.